The van der Waals surface area contributed by atoms with Crippen molar-refractivity contribution in [2.75, 3.05) is 21.3 Å². The lowest BCUT2D eigenvalue weighted by molar-refractivity contribution is -0.130. The van der Waals surface area contributed by atoms with Gasteiger partial charge in [-0.05, 0) is 36.2 Å². The standard InChI is InChI=1S/C21H22ClN3O4/c1-25(13-19-23-21(24-29-19)15-6-4-5-7-16(15)22)20(26)11-9-14-8-10-17(27-2)18(12-14)28-3/h4-8,10,12H,9,11,13H2,1-3H3. The van der Waals surface area contributed by atoms with E-state index in [0.29, 0.717) is 46.6 Å². The Hall–Kier alpha value is -3.06. The maximum Gasteiger partial charge on any atom is 0.246 e. The van der Waals surface area contributed by atoms with Gasteiger partial charge < -0.3 is 18.9 Å². The van der Waals surface area contributed by atoms with Crippen LogP contribution in [0.1, 0.15) is 17.9 Å². The Kier molecular flexibility index (Phi) is 6.72. The normalized spacial score (nSPS) is 10.6. The van der Waals surface area contributed by atoms with Gasteiger partial charge in [-0.25, -0.2) is 0 Å². The number of halogens is 1. The molecule has 1 aromatic heterocycles. The summed E-state index contributed by atoms with van der Waals surface area (Å²) < 4.78 is 15.8. The molecule has 0 bridgehead atoms. The van der Waals surface area contributed by atoms with E-state index in [9.17, 15) is 4.79 Å². The second-order valence-electron chi connectivity index (χ2n) is 6.43. The highest BCUT2D eigenvalue weighted by molar-refractivity contribution is 6.33. The minimum Gasteiger partial charge on any atom is -0.493 e. The molecular formula is C21H22ClN3O4. The molecule has 0 N–H and O–H groups in total. The minimum absolute atomic E-state index is 0.0303. The SMILES string of the molecule is COc1ccc(CCC(=O)N(C)Cc2nc(-c3ccccc3Cl)no2)cc1OC. The Bertz CT molecular complexity index is 990. The summed E-state index contributed by atoms with van der Waals surface area (Å²) in [6, 6.07) is 12.9. The largest absolute Gasteiger partial charge is 0.493 e. The molecule has 0 aliphatic carbocycles. The van der Waals surface area contributed by atoms with Gasteiger partial charge in [0.2, 0.25) is 17.6 Å². The van der Waals surface area contributed by atoms with Gasteiger partial charge in [-0.3, -0.25) is 4.79 Å². The van der Waals surface area contributed by atoms with E-state index in [0.717, 1.165) is 5.56 Å². The molecule has 0 saturated carbocycles. The van der Waals surface area contributed by atoms with Crippen LogP contribution in [-0.2, 0) is 17.8 Å². The van der Waals surface area contributed by atoms with E-state index in [1.54, 1.807) is 32.2 Å². The van der Waals surface area contributed by atoms with Crippen molar-refractivity contribution in [2.24, 2.45) is 0 Å². The van der Waals surface area contributed by atoms with Gasteiger partial charge in [0.25, 0.3) is 0 Å². The number of benzene rings is 2. The van der Waals surface area contributed by atoms with Crippen molar-refractivity contribution in [1.82, 2.24) is 15.0 Å². The summed E-state index contributed by atoms with van der Waals surface area (Å²) in [6.07, 6.45) is 0.926. The number of carbonyl (C=O) groups excluding carboxylic acids is 1. The molecule has 0 fully saturated rings. The quantitative estimate of drug-likeness (QED) is 0.553. The second-order valence-corrected chi connectivity index (χ2v) is 6.84. The Morgan fingerprint density at radius 3 is 2.62 bits per heavy atom. The van der Waals surface area contributed by atoms with Crippen molar-refractivity contribution < 1.29 is 18.8 Å². The van der Waals surface area contributed by atoms with Crippen LogP contribution in [0.15, 0.2) is 47.0 Å². The maximum atomic E-state index is 12.5. The third-order valence-corrected chi connectivity index (χ3v) is 4.79. The predicted octanol–water partition coefficient (Wildman–Crippen LogP) is 4.00. The molecular weight excluding hydrogens is 394 g/mol. The molecule has 3 aromatic rings. The third-order valence-electron chi connectivity index (χ3n) is 4.46. The van der Waals surface area contributed by atoms with E-state index in [-0.39, 0.29) is 12.5 Å². The molecule has 0 spiro atoms. The van der Waals surface area contributed by atoms with Crippen molar-refractivity contribution in [3.05, 3.63) is 58.9 Å². The first kappa shape index (κ1) is 20.7. The van der Waals surface area contributed by atoms with Gasteiger partial charge in [0, 0.05) is 19.0 Å². The highest BCUT2D eigenvalue weighted by Crippen LogP contribution is 2.28. The zero-order valence-corrected chi connectivity index (χ0v) is 17.3. The van der Waals surface area contributed by atoms with Crippen molar-refractivity contribution in [1.29, 1.82) is 0 Å². The topological polar surface area (TPSA) is 77.7 Å². The van der Waals surface area contributed by atoms with Crippen LogP contribution >= 0.6 is 11.6 Å². The van der Waals surface area contributed by atoms with Crippen molar-refractivity contribution in [2.45, 2.75) is 19.4 Å². The van der Waals surface area contributed by atoms with Crippen LogP contribution in [-0.4, -0.2) is 42.2 Å². The number of ether oxygens (including phenoxy) is 2. The van der Waals surface area contributed by atoms with Crippen LogP contribution in [0.2, 0.25) is 5.02 Å². The minimum atomic E-state index is -0.0303. The fourth-order valence-electron chi connectivity index (χ4n) is 2.84. The number of carbonyl (C=O) groups is 1. The molecule has 0 unspecified atom stereocenters. The van der Waals surface area contributed by atoms with Crippen molar-refractivity contribution in [3.8, 4) is 22.9 Å². The number of aryl methyl sites for hydroxylation is 1. The first-order chi connectivity index (χ1) is 14.0. The summed E-state index contributed by atoms with van der Waals surface area (Å²) in [5.41, 5.74) is 1.68. The van der Waals surface area contributed by atoms with Gasteiger partial charge in [0.05, 0.1) is 25.8 Å². The van der Waals surface area contributed by atoms with Crippen molar-refractivity contribution in [3.63, 3.8) is 0 Å². The van der Waals surface area contributed by atoms with Gasteiger partial charge >= 0.3 is 0 Å². The van der Waals surface area contributed by atoms with Gasteiger partial charge in [0.15, 0.2) is 11.5 Å². The van der Waals surface area contributed by atoms with E-state index in [1.165, 1.54) is 0 Å². The van der Waals surface area contributed by atoms with Crippen LogP contribution in [0.4, 0.5) is 0 Å². The lowest BCUT2D eigenvalue weighted by atomic mass is 10.1. The monoisotopic (exact) mass is 415 g/mol. The summed E-state index contributed by atoms with van der Waals surface area (Å²) in [7, 11) is 4.88. The molecule has 0 aliphatic heterocycles. The lowest BCUT2D eigenvalue weighted by Gasteiger charge is -2.15. The first-order valence-electron chi connectivity index (χ1n) is 9.04. The summed E-state index contributed by atoms with van der Waals surface area (Å²) in [4.78, 5) is 18.4. The summed E-state index contributed by atoms with van der Waals surface area (Å²) in [5, 5.41) is 4.50. The number of amides is 1. The summed E-state index contributed by atoms with van der Waals surface area (Å²) in [6.45, 7) is 0.224. The van der Waals surface area contributed by atoms with E-state index < -0.39 is 0 Å². The van der Waals surface area contributed by atoms with Crippen LogP contribution in [0.25, 0.3) is 11.4 Å². The second kappa shape index (κ2) is 9.43. The Balaban J connectivity index is 1.58. The number of hydrogen-bond acceptors (Lipinski definition) is 6. The molecule has 2 aromatic carbocycles. The maximum absolute atomic E-state index is 12.5. The number of rotatable bonds is 8. The fourth-order valence-corrected chi connectivity index (χ4v) is 3.06. The summed E-state index contributed by atoms with van der Waals surface area (Å²) in [5.74, 6) is 2.02. The van der Waals surface area contributed by atoms with Gasteiger partial charge in [-0.2, -0.15) is 4.98 Å². The molecule has 3 rings (SSSR count). The molecule has 152 valence electrons. The fraction of sp³-hybridized carbons (Fsp3) is 0.286. The average molecular weight is 416 g/mol. The number of methoxy groups -OCH3 is 2. The van der Waals surface area contributed by atoms with Crippen LogP contribution in [0.3, 0.4) is 0 Å². The van der Waals surface area contributed by atoms with Crippen LogP contribution < -0.4 is 9.47 Å². The van der Waals surface area contributed by atoms with Crippen LogP contribution in [0.5, 0.6) is 11.5 Å². The van der Waals surface area contributed by atoms with Gasteiger partial charge in [-0.1, -0.05) is 35.0 Å². The third kappa shape index (κ3) is 5.06. The molecule has 0 atom stereocenters. The molecule has 0 saturated heterocycles. The molecule has 8 heteroatoms. The highest BCUT2D eigenvalue weighted by Gasteiger charge is 2.16. The van der Waals surface area contributed by atoms with Gasteiger partial charge in [-0.15, -0.1) is 0 Å². The van der Waals surface area contributed by atoms with E-state index in [4.69, 9.17) is 25.6 Å². The Labute approximate surface area is 174 Å². The number of aromatic nitrogens is 2. The van der Waals surface area contributed by atoms with Crippen molar-refractivity contribution >= 4 is 17.5 Å². The van der Waals surface area contributed by atoms with E-state index in [1.807, 2.05) is 36.4 Å². The molecule has 1 amide bonds. The number of hydrogen-bond donors (Lipinski definition) is 0. The van der Waals surface area contributed by atoms with E-state index >= 15 is 0 Å². The van der Waals surface area contributed by atoms with E-state index in [2.05, 4.69) is 10.1 Å². The molecule has 7 nitrogen and oxygen atoms in total. The van der Waals surface area contributed by atoms with Gasteiger partial charge in [0.1, 0.15) is 0 Å². The highest BCUT2D eigenvalue weighted by atomic mass is 35.5. The Morgan fingerprint density at radius 2 is 1.90 bits per heavy atom. The molecule has 0 aliphatic rings. The average Bonchev–Trinajstić information content (AvgIpc) is 3.20. The predicted molar refractivity (Wildman–Crippen MR) is 109 cm³/mol. The smallest absolute Gasteiger partial charge is 0.246 e. The molecule has 29 heavy (non-hydrogen) atoms. The lowest BCUT2D eigenvalue weighted by Crippen LogP contribution is -2.26. The first-order valence-corrected chi connectivity index (χ1v) is 9.42. The zero-order chi connectivity index (χ0) is 20.8. The Morgan fingerprint density at radius 1 is 1.14 bits per heavy atom. The zero-order valence-electron chi connectivity index (χ0n) is 16.5. The summed E-state index contributed by atoms with van der Waals surface area (Å²) >= 11 is 6.16. The molecule has 0 radical (unpaired) electrons. The van der Waals surface area contributed by atoms with Crippen LogP contribution in [0, 0.1) is 0 Å². The number of nitrogens with zero attached hydrogens (tertiary/aromatic N) is 3. The molecule has 1 heterocycles.